The van der Waals surface area contributed by atoms with Crippen molar-refractivity contribution in [3.05, 3.63) is 65.8 Å². The van der Waals surface area contributed by atoms with Crippen LogP contribution in [0.4, 0.5) is 0 Å². The van der Waals surface area contributed by atoms with Gasteiger partial charge in [0.25, 0.3) is 0 Å². The van der Waals surface area contributed by atoms with Gasteiger partial charge in [0.15, 0.2) is 5.78 Å². The largest absolute Gasteiger partial charge is 0.507 e. The lowest BCUT2D eigenvalue weighted by molar-refractivity contribution is -0.111. The molecule has 1 aliphatic carbocycles. The molecule has 0 saturated heterocycles. The van der Waals surface area contributed by atoms with Gasteiger partial charge in [-0.25, -0.2) is 0 Å². The number of benzene rings is 1. The fourth-order valence-electron chi connectivity index (χ4n) is 2.57. The minimum Gasteiger partial charge on any atom is -0.507 e. The van der Waals surface area contributed by atoms with Crippen molar-refractivity contribution in [1.29, 1.82) is 0 Å². The van der Waals surface area contributed by atoms with E-state index in [9.17, 15) is 15.0 Å². The molecule has 4 nitrogen and oxygen atoms in total. The second-order valence-electron chi connectivity index (χ2n) is 6.56. The summed E-state index contributed by atoms with van der Waals surface area (Å²) < 4.78 is 5.31. The Kier molecular flexibility index (Phi) is 5.65. The highest BCUT2D eigenvalue weighted by molar-refractivity contribution is 6.08. The van der Waals surface area contributed by atoms with Gasteiger partial charge in [-0.15, -0.1) is 6.58 Å². The van der Waals surface area contributed by atoms with Gasteiger partial charge >= 0.3 is 0 Å². The van der Waals surface area contributed by atoms with Crippen molar-refractivity contribution in [2.75, 3.05) is 7.11 Å². The van der Waals surface area contributed by atoms with Crippen LogP contribution in [-0.4, -0.2) is 29.2 Å². The maximum absolute atomic E-state index is 12.3. The molecule has 25 heavy (non-hydrogen) atoms. The number of carbonyl (C=O) groups excluding carboxylic acids is 1. The van der Waals surface area contributed by atoms with E-state index in [1.807, 2.05) is 13.8 Å². The standard InChI is InChI=1S/C21H24O4/c1-5-21(2,3)17-12-15(20(25-4)13-19(17)24)8-11-18(23)14-6-9-16(22)10-7-14/h5-9,11-13,16,22,24H,1,10H2,2-4H3/b11-8+. The summed E-state index contributed by atoms with van der Waals surface area (Å²) >= 11 is 0. The average Bonchev–Trinajstić information content (AvgIpc) is 2.60. The number of allylic oxidation sites excluding steroid dienone is 4. The molecule has 0 fully saturated rings. The first-order valence-electron chi connectivity index (χ1n) is 8.12. The van der Waals surface area contributed by atoms with Crippen LogP contribution in [-0.2, 0) is 10.2 Å². The number of aliphatic hydroxyl groups excluding tert-OH is 1. The summed E-state index contributed by atoms with van der Waals surface area (Å²) in [7, 11) is 1.51. The SMILES string of the molecule is C=CC(C)(C)c1cc(/C=C/C(=O)C2=CCC(O)C=C2)c(OC)cc1O. The van der Waals surface area contributed by atoms with Gasteiger partial charge in [0.2, 0.25) is 0 Å². The van der Waals surface area contributed by atoms with Gasteiger partial charge in [0.05, 0.1) is 13.2 Å². The number of hydrogen-bond donors (Lipinski definition) is 2. The molecule has 0 heterocycles. The van der Waals surface area contributed by atoms with Crippen molar-refractivity contribution < 1.29 is 19.7 Å². The zero-order chi connectivity index (χ0) is 18.6. The van der Waals surface area contributed by atoms with E-state index in [1.54, 1.807) is 42.5 Å². The number of hydrogen-bond acceptors (Lipinski definition) is 4. The van der Waals surface area contributed by atoms with E-state index in [0.717, 1.165) is 0 Å². The van der Waals surface area contributed by atoms with Gasteiger partial charge in [0.1, 0.15) is 11.5 Å². The molecule has 1 atom stereocenters. The van der Waals surface area contributed by atoms with Crippen molar-refractivity contribution >= 4 is 11.9 Å². The number of phenols is 1. The molecule has 1 aromatic rings. The zero-order valence-corrected chi connectivity index (χ0v) is 14.8. The number of aliphatic hydroxyl groups is 1. The quantitative estimate of drug-likeness (QED) is 0.612. The Balaban J connectivity index is 2.35. The Morgan fingerprint density at radius 3 is 2.68 bits per heavy atom. The summed E-state index contributed by atoms with van der Waals surface area (Å²) in [6.07, 6.45) is 9.76. The summed E-state index contributed by atoms with van der Waals surface area (Å²) in [5.74, 6) is 0.452. The van der Waals surface area contributed by atoms with Crippen molar-refractivity contribution in [2.24, 2.45) is 0 Å². The normalized spacial score (nSPS) is 17.4. The van der Waals surface area contributed by atoms with Gasteiger partial charge in [-0.1, -0.05) is 38.2 Å². The van der Waals surface area contributed by atoms with E-state index in [0.29, 0.717) is 28.9 Å². The van der Waals surface area contributed by atoms with Gasteiger partial charge < -0.3 is 14.9 Å². The lowest BCUT2D eigenvalue weighted by Gasteiger charge is -2.23. The van der Waals surface area contributed by atoms with Crippen LogP contribution in [0.3, 0.4) is 0 Å². The third-order valence-electron chi connectivity index (χ3n) is 4.33. The van der Waals surface area contributed by atoms with Gasteiger partial charge in [-0.05, 0) is 24.6 Å². The summed E-state index contributed by atoms with van der Waals surface area (Å²) in [6, 6.07) is 3.34. The molecule has 2 N–H and O–H groups in total. The molecular weight excluding hydrogens is 316 g/mol. The van der Waals surface area contributed by atoms with Crippen LogP contribution in [0.5, 0.6) is 11.5 Å². The van der Waals surface area contributed by atoms with Crippen LogP contribution in [0, 0.1) is 0 Å². The second-order valence-corrected chi connectivity index (χ2v) is 6.56. The van der Waals surface area contributed by atoms with E-state index in [-0.39, 0.29) is 11.5 Å². The molecule has 1 unspecified atom stereocenters. The highest BCUT2D eigenvalue weighted by Crippen LogP contribution is 2.37. The van der Waals surface area contributed by atoms with Crippen LogP contribution in [0.15, 0.2) is 54.7 Å². The molecule has 1 aromatic carbocycles. The van der Waals surface area contributed by atoms with E-state index >= 15 is 0 Å². The van der Waals surface area contributed by atoms with Crippen molar-refractivity contribution in [3.8, 4) is 11.5 Å². The van der Waals surface area contributed by atoms with Crippen molar-refractivity contribution in [3.63, 3.8) is 0 Å². The molecule has 4 heteroatoms. The Morgan fingerprint density at radius 2 is 2.12 bits per heavy atom. The topological polar surface area (TPSA) is 66.8 Å². The fraction of sp³-hybridized carbons (Fsp3) is 0.286. The zero-order valence-electron chi connectivity index (χ0n) is 14.8. The number of rotatable bonds is 6. The first-order valence-corrected chi connectivity index (χ1v) is 8.12. The predicted molar refractivity (Wildman–Crippen MR) is 99.8 cm³/mol. The van der Waals surface area contributed by atoms with Crippen molar-refractivity contribution in [2.45, 2.75) is 31.8 Å². The highest BCUT2D eigenvalue weighted by atomic mass is 16.5. The first-order chi connectivity index (χ1) is 11.8. The van der Waals surface area contributed by atoms with Gasteiger partial charge in [-0.2, -0.15) is 0 Å². The van der Waals surface area contributed by atoms with E-state index in [1.165, 1.54) is 13.2 Å². The monoisotopic (exact) mass is 340 g/mol. The van der Waals surface area contributed by atoms with Crippen LogP contribution >= 0.6 is 0 Å². The predicted octanol–water partition coefficient (Wildman–Crippen LogP) is 3.69. The second kappa shape index (κ2) is 7.53. The minimum atomic E-state index is -0.526. The van der Waals surface area contributed by atoms with Crippen LogP contribution < -0.4 is 4.74 Å². The molecule has 0 bridgehead atoms. The molecule has 0 saturated carbocycles. The number of phenolic OH excluding ortho intramolecular Hbond substituents is 1. The summed E-state index contributed by atoms with van der Waals surface area (Å²) in [6.45, 7) is 7.71. The molecule has 0 aromatic heterocycles. The average molecular weight is 340 g/mol. The summed E-state index contributed by atoms with van der Waals surface area (Å²) in [5.41, 5.74) is 1.52. The Labute approximate surface area is 148 Å². The molecule has 0 radical (unpaired) electrons. The molecule has 132 valence electrons. The maximum atomic E-state index is 12.3. The number of carbonyl (C=O) groups is 1. The molecule has 0 aliphatic heterocycles. The Bertz CT molecular complexity index is 766. The first kappa shape index (κ1) is 18.7. The smallest absolute Gasteiger partial charge is 0.185 e. The van der Waals surface area contributed by atoms with Crippen LogP contribution in [0.2, 0.25) is 0 Å². The van der Waals surface area contributed by atoms with Crippen molar-refractivity contribution in [1.82, 2.24) is 0 Å². The lowest BCUT2D eigenvalue weighted by atomic mass is 9.83. The third-order valence-corrected chi connectivity index (χ3v) is 4.33. The molecular formula is C21H24O4. The molecule has 0 spiro atoms. The van der Waals surface area contributed by atoms with Crippen LogP contribution in [0.25, 0.3) is 6.08 Å². The lowest BCUT2D eigenvalue weighted by Crippen LogP contribution is -2.13. The van der Waals surface area contributed by atoms with E-state index in [2.05, 4.69) is 6.58 Å². The summed E-state index contributed by atoms with van der Waals surface area (Å²) in [4.78, 5) is 12.3. The van der Waals surface area contributed by atoms with Crippen LogP contribution in [0.1, 0.15) is 31.4 Å². The number of aromatic hydroxyl groups is 1. The maximum Gasteiger partial charge on any atom is 0.185 e. The molecule has 1 aliphatic rings. The van der Waals surface area contributed by atoms with E-state index in [4.69, 9.17) is 4.74 Å². The summed E-state index contributed by atoms with van der Waals surface area (Å²) in [5, 5.41) is 19.7. The molecule has 0 amide bonds. The highest BCUT2D eigenvalue weighted by Gasteiger charge is 2.22. The number of methoxy groups -OCH3 is 1. The fourth-order valence-corrected chi connectivity index (χ4v) is 2.57. The Hall–Kier alpha value is -2.59. The molecule has 2 rings (SSSR count). The number of ketones is 1. The third kappa shape index (κ3) is 4.28. The van der Waals surface area contributed by atoms with E-state index < -0.39 is 11.5 Å². The number of ether oxygens (including phenoxy) is 1. The minimum absolute atomic E-state index is 0.122. The Morgan fingerprint density at radius 1 is 1.40 bits per heavy atom. The van der Waals surface area contributed by atoms with Gasteiger partial charge in [0, 0.05) is 28.2 Å². The van der Waals surface area contributed by atoms with Gasteiger partial charge in [-0.3, -0.25) is 4.79 Å².